The van der Waals surface area contributed by atoms with Gasteiger partial charge in [0.2, 0.25) is 5.78 Å². The van der Waals surface area contributed by atoms with Crippen molar-refractivity contribution in [3.8, 4) is 0 Å². The third kappa shape index (κ3) is 23.4. The van der Waals surface area contributed by atoms with Gasteiger partial charge in [-0.25, -0.2) is 24.5 Å². The van der Waals surface area contributed by atoms with Gasteiger partial charge in [0.1, 0.15) is 28.7 Å². The molecule has 7 N–H and O–H groups in total. The Morgan fingerprint density at radius 2 is 0.946 bits per heavy atom. The first-order valence-electron chi connectivity index (χ1n) is 31.7. The highest BCUT2D eigenvalue weighted by molar-refractivity contribution is 6.40. The molecule has 3 aliphatic heterocycles. The van der Waals surface area contributed by atoms with Gasteiger partial charge < -0.3 is 41.0 Å². The summed E-state index contributed by atoms with van der Waals surface area (Å²) < 4.78 is 10.4. The van der Waals surface area contributed by atoms with Crippen LogP contribution in [-0.2, 0) is 44.7 Å². The predicted molar refractivity (Wildman–Crippen MR) is 362 cm³/mol. The Morgan fingerprint density at radius 3 is 1.35 bits per heavy atom. The number of carbonyl (C=O) groups is 8. The number of carbonyl (C=O) groups excluding carboxylic acids is 8. The number of anilines is 5. The standard InChI is InChI=1S/C25H32N4O4.C20H24N4O2.C15H20N2O4.C12H17N/c1-16-11-12-29(20(13-16)18-9-7-6-8-10-18)23(31)22(30)27-19-14-17(2)21(26-15-19)28-24(32)33-25(3,4)5;1-13-8-9-24(17(10-13)15-6-4-3-5-7-15)20(26)19(25)23-16-11-14(2)18(21)22-12-16;1-9-6-11(7-12(19)10(2)18)8-16-13(9)17-14(20)21-15(3,4)5;1-10-7-8-13-12(9-10)11-5-3-2-4-6-11/h6-10,14-16,20H,11-13H2,1-5H3,(H,27,30)(H,26,28,32);3-7,11-13,17H,8-10H2,1-2H3,(H2,21,22)(H,23,25);6,8H,7H2,1-5H3,(H,16,17,20);2-6,10,12-13H,7-9H2,1H3/t16-,20+;13-,17+;;/m11../s1. The van der Waals surface area contributed by atoms with Gasteiger partial charge >= 0.3 is 35.8 Å². The number of hydrogen-bond acceptors (Lipinski definition) is 15. The Bertz CT molecular complexity index is 3540. The third-order valence-corrected chi connectivity index (χ3v) is 15.7. The van der Waals surface area contributed by atoms with Crippen molar-refractivity contribution >= 4 is 76.2 Å². The van der Waals surface area contributed by atoms with E-state index in [1.54, 1.807) is 90.3 Å². The molecule has 3 saturated heterocycles. The Balaban J connectivity index is 0.000000206. The van der Waals surface area contributed by atoms with E-state index in [1.807, 2.05) is 60.7 Å². The Morgan fingerprint density at radius 1 is 0.538 bits per heavy atom. The molecule has 3 aromatic heterocycles. The average molecular weight is 1270 g/mol. The maximum absolute atomic E-state index is 13.0. The van der Waals surface area contributed by atoms with E-state index in [2.05, 4.69) is 92.6 Å². The number of nitrogens with zero attached hydrogens (tertiary/aromatic N) is 5. The number of aromatic nitrogens is 3. The molecule has 0 radical (unpaired) electrons. The highest BCUT2D eigenvalue weighted by Gasteiger charge is 2.36. The highest BCUT2D eigenvalue weighted by Crippen LogP contribution is 2.36. The maximum Gasteiger partial charge on any atom is 0.413 e. The maximum atomic E-state index is 13.0. The van der Waals surface area contributed by atoms with Crippen LogP contribution in [0, 0.1) is 38.5 Å². The lowest BCUT2D eigenvalue weighted by Gasteiger charge is -2.38. The van der Waals surface area contributed by atoms with Crippen molar-refractivity contribution in [3.05, 3.63) is 167 Å². The smallest absolute Gasteiger partial charge is 0.413 e. The van der Waals surface area contributed by atoms with Crippen molar-refractivity contribution in [1.29, 1.82) is 0 Å². The van der Waals surface area contributed by atoms with Crippen LogP contribution in [0.2, 0.25) is 0 Å². The molecule has 0 spiro atoms. The van der Waals surface area contributed by atoms with Crippen LogP contribution < -0.4 is 32.3 Å². The average Bonchev–Trinajstić information content (AvgIpc) is 0.882. The quantitative estimate of drug-likeness (QED) is 0.0695. The molecule has 0 bridgehead atoms. The van der Waals surface area contributed by atoms with Crippen LogP contribution in [-0.4, -0.2) is 103 Å². The zero-order valence-corrected chi connectivity index (χ0v) is 56.1. The second-order valence-electron chi connectivity index (χ2n) is 26.3. The summed E-state index contributed by atoms with van der Waals surface area (Å²) >= 11 is 0. The second kappa shape index (κ2) is 33.8. The van der Waals surface area contributed by atoms with Crippen LogP contribution in [0.5, 0.6) is 0 Å². The van der Waals surface area contributed by atoms with Crippen molar-refractivity contribution in [2.75, 3.05) is 46.6 Å². The number of benzene rings is 3. The summed E-state index contributed by atoms with van der Waals surface area (Å²) in [7, 11) is 0. The van der Waals surface area contributed by atoms with Crippen LogP contribution in [0.4, 0.5) is 38.4 Å². The zero-order valence-electron chi connectivity index (χ0n) is 56.1. The number of nitrogens with two attached hydrogens (primary N) is 1. The molecular formula is C72H93N11O10. The Kier molecular flexibility index (Phi) is 26.4. The van der Waals surface area contributed by atoms with Crippen molar-refractivity contribution in [3.63, 3.8) is 0 Å². The van der Waals surface area contributed by atoms with Gasteiger partial charge in [0.25, 0.3) is 0 Å². The number of nitrogen functional groups attached to an aromatic ring is 1. The van der Waals surface area contributed by atoms with E-state index in [0.29, 0.717) is 76.5 Å². The first-order valence-corrected chi connectivity index (χ1v) is 31.7. The number of ketones is 2. The normalized spacial score (nSPS) is 18.5. The molecule has 6 amide bonds. The molecule has 9 rings (SSSR count). The minimum atomic E-state index is -0.709. The lowest BCUT2D eigenvalue weighted by molar-refractivity contribution is -0.146. The van der Waals surface area contributed by atoms with Crippen molar-refractivity contribution in [2.24, 2.45) is 17.8 Å². The summed E-state index contributed by atoms with van der Waals surface area (Å²) in [5.41, 5.74) is 11.5. The van der Waals surface area contributed by atoms with E-state index in [0.717, 1.165) is 48.3 Å². The number of likely N-dealkylation sites (tertiary alicyclic amines) is 2. The Hall–Kier alpha value is -9.37. The molecule has 6 atom stereocenters. The molecule has 21 heteroatoms. The molecule has 2 unspecified atom stereocenters. The van der Waals surface area contributed by atoms with E-state index in [-0.39, 0.29) is 18.5 Å². The monoisotopic (exact) mass is 1270 g/mol. The van der Waals surface area contributed by atoms with E-state index in [4.69, 9.17) is 15.2 Å². The fraction of sp³-hybridized carbons (Fsp3) is 0.431. The molecule has 0 aliphatic carbocycles. The first-order chi connectivity index (χ1) is 43.9. The summed E-state index contributed by atoms with van der Waals surface area (Å²) in [6, 6.07) is 35.9. The number of pyridine rings is 3. The lowest BCUT2D eigenvalue weighted by Crippen LogP contribution is -2.45. The molecule has 3 aromatic carbocycles. The number of hydrogen-bond donors (Lipinski definition) is 6. The summed E-state index contributed by atoms with van der Waals surface area (Å²) in [6.07, 6.45) is 9.14. The third-order valence-electron chi connectivity index (χ3n) is 15.7. The Labute approximate surface area is 547 Å². The van der Waals surface area contributed by atoms with Crippen LogP contribution in [0.25, 0.3) is 0 Å². The van der Waals surface area contributed by atoms with Gasteiger partial charge in [-0.2, -0.15) is 0 Å². The van der Waals surface area contributed by atoms with Gasteiger partial charge in [-0.1, -0.05) is 118 Å². The van der Waals surface area contributed by atoms with Crippen LogP contribution in [0.3, 0.4) is 0 Å². The topological polar surface area (TPSA) is 286 Å². The van der Waals surface area contributed by atoms with E-state index >= 15 is 0 Å². The second-order valence-corrected chi connectivity index (χ2v) is 26.3. The van der Waals surface area contributed by atoms with E-state index in [9.17, 15) is 38.4 Å². The molecule has 3 aliphatic rings. The van der Waals surface area contributed by atoms with Gasteiger partial charge in [-0.3, -0.25) is 39.4 Å². The molecule has 496 valence electrons. The van der Waals surface area contributed by atoms with Crippen molar-refractivity contribution in [1.82, 2.24) is 30.1 Å². The summed E-state index contributed by atoms with van der Waals surface area (Å²) in [5.74, 6) is -0.445. The van der Waals surface area contributed by atoms with Gasteiger partial charge in [-0.05, 0) is 176 Å². The zero-order chi connectivity index (χ0) is 68.2. The number of nitrogens with one attached hydrogen (secondary N) is 5. The number of piperidine rings is 3. The predicted octanol–water partition coefficient (Wildman–Crippen LogP) is 12.8. The molecule has 3 fully saturated rings. The van der Waals surface area contributed by atoms with Gasteiger partial charge in [0, 0.05) is 38.7 Å². The summed E-state index contributed by atoms with van der Waals surface area (Å²) in [5, 5.41) is 14.0. The van der Waals surface area contributed by atoms with Crippen molar-refractivity contribution in [2.45, 2.75) is 164 Å². The molecular weight excluding hydrogens is 1180 g/mol. The summed E-state index contributed by atoms with van der Waals surface area (Å²) in [6.45, 7) is 26.1. The van der Waals surface area contributed by atoms with Crippen molar-refractivity contribution < 1.29 is 47.8 Å². The van der Waals surface area contributed by atoms with E-state index < -0.39 is 58.6 Å². The fourth-order valence-corrected chi connectivity index (χ4v) is 10.8. The van der Waals surface area contributed by atoms with Crippen LogP contribution in [0.1, 0.15) is 165 Å². The van der Waals surface area contributed by atoms with Gasteiger partial charge in [-0.15, -0.1) is 0 Å². The molecule has 21 nitrogen and oxygen atoms in total. The lowest BCUT2D eigenvalue weighted by atomic mass is 9.88. The minimum Gasteiger partial charge on any atom is -0.444 e. The number of Topliss-reactive ketones (excluding diaryl/α,β-unsaturated/α-hetero) is 2. The van der Waals surface area contributed by atoms with Crippen LogP contribution in [0.15, 0.2) is 128 Å². The number of aryl methyl sites for hydroxylation is 3. The SMILES string of the molecule is CC(=O)C(=O)Cc1cnc(NC(=O)OC(C)(C)C)c(C)c1.CC1CCNC(c2ccccc2)C1.Cc1cc(NC(=O)C(=O)N2CC[C@@H](C)C[C@H]2c2ccccc2)cnc1N.Cc1cc(NC(=O)C(=O)N2CC[C@@H](C)C[C@H]2c2ccccc2)cnc1NC(=O)OC(C)(C)C. The van der Waals surface area contributed by atoms with Gasteiger partial charge in [0.05, 0.1) is 35.9 Å². The summed E-state index contributed by atoms with van der Waals surface area (Å²) in [4.78, 5) is 113. The molecule has 6 heterocycles. The van der Waals surface area contributed by atoms with Crippen LogP contribution >= 0.6 is 0 Å². The fourth-order valence-electron chi connectivity index (χ4n) is 10.8. The first kappa shape index (κ1) is 72.7. The number of amides is 6. The number of rotatable bonds is 10. The van der Waals surface area contributed by atoms with E-state index in [1.165, 1.54) is 50.5 Å². The molecule has 93 heavy (non-hydrogen) atoms. The minimum absolute atomic E-state index is 0.00981. The molecule has 0 saturated carbocycles. The molecule has 6 aromatic rings. The largest absolute Gasteiger partial charge is 0.444 e. The highest BCUT2D eigenvalue weighted by atomic mass is 16.6. The number of ether oxygens (including phenoxy) is 2. The van der Waals surface area contributed by atoms with Gasteiger partial charge in [0.15, 0.2) is 5.78 Å².